The van der Waals surface area contributed by atoms with Gasteiger partial charge in [-0.15, -0.1) is 0 Å². The van der Waals surface area contributed by atoms with Crippen LogP contribution in [0.2, 0.25) is 0 Å². The zero-order chi connectivity index (χ0) is 16.4. The third kappa shape index (κ3) is 3.10. The lowest BCUT2D eigenvalue weighted by Gasteiger charge is -2.24. The summed E-state index contributed by atoms with van der Waals surface area (Å²) in [6.07, 6.45) is 0.213. The van der Waals surface area contributed by atoms with E-state index in [2.05, 4.69) is 15.3 Å². The molecule has 3 rings (SSSR count). The Morgan fingerprint density at radius 2 is 2.22 bits per heavy atom. The Kier molecular flexibility index (Phi) is 4.38. The highest BCUT2D eigenvalue weighted by atomic mass is 32.2. The van der Waals surface area contributed by atoms with Crippen LogP contribution in [-0.4, -0.2) is 28.7 Å². The molecule has 0 spiro atoms. The van der Waals surface area contributed by atoms with Crippen LogP contribution in [0.5, 0.6) is 5.75 Å². The maximum Gasteiger partial charge on any atom is 0.257 e. The molecule has 7 heteroatoms. The summed E-state index contributed by atoms with van der Waals surface area (Å²) < 4.78 is 5.24. The van der Waals surface area contributed by atoms with Gasteiger partial charge < -0.3 is 15.0 Å². The van der Waals surface area contributed by atoms with Crippen LogP contribution in [0.25, 0.3) is 0 Å². The number of carbonyl (C=O) groups excluding carboxylic acids is 1. The van der Waals surface area contributed by atoms with Gasteiger partial charge >= 0.3 is 0 Å². The number of aromatic amines is 1. The maximum atomic E-state index is 12.5. The first-order chi connectivity index (χ1) is 11.1. The molecule has 23 heavy (non-hydrogen) atoms. The zero-order valence-electron chi connectivity index (χ0n) is 12.9. The van der Waals surface area contributed by atoms with Gasteiger partial charge in [-0.1, -0.05) is 30.8 Å². The van der Waals surface area contributed by atoms with Crippen molar-refractivity contribution in [2.75, 3.05) is 18.2 Å². The van der Waals surface area contributed by atoms with Gasteiger partial charge in [0.15, 0.2) is 5.16 Å². The summed E-state index contributed by atoms with van der Waals surface area (Å²) in [6, 6.07) is 7.42. The predicted octanol–water partition coefficient (Wildman–Crippen LogP) is 2.36. The van der Waals surface area contributed by atoms with Crippen LogP contribution in [0.15, 0.2) is 34.2 Å². The molecule has 1 aromatic carbocycles. The van der Waals surface area contributed by atoms with E-state index in [1.165, 1.54) is 11.8 Å². The third-order valence-corrected chi connectivity index (χ3v) is 4.46. The Morgan fingerprint density at radius 3 is 2.96 bits per heavy atom. The van der Waals surface area contributed by atoms with Crippen LogP contribution in [0, 0.1) is 0 Å². The summed E-state index contributed by atoms with van der Waals surface area (Å²) in [5.74, 6) is 1.36. The Bertz CT molecular complexity index is 803. The minimum Gasteiger partial charge on any atom is -0.497 e. The Labute approximate surface area is 137 Å². The second-order valence-corrected chi connectivity index (χ2v) is 6.40. The molecule has 0 aliphatic carbocycles. The summed E-state index contributed by atoms with van der Waals surface area (Å²) in [6.45, 7) is 1.97. The Hall–Kier alpha value is -2.28. The first-order valence-electron chi connectivity index (χ1n) is 7.33. The van der Waals surface area contributed by atoms with E-state index in [1.54, 1.807) is 7.11 Å². The van der Waals surface area contributed by atoms with E-state index in [-0.39, 0.29) is 23.8 Å². The minimum atomic E-state index is -0.328. The number of nitrogens with zero attached hydrogens (tertiary/aromatic N) is 1. The van der Waals surface area contributed by atoms with E-state index in [9.17, 15) is 9.59 Å². The zero-order valence-corrected chi connectivity index (χ0v) is 13.7. The molecule has 1 unspecified atom stereocenters. The number of methoxy groups -OCH3 is 1. The van der Waals surface area contributed by atoms with Gasteiger partial charge in [-0.05, 0) is 23.4 Å². The smallest absolute Gasteiger partial charge is 0.257 e. The quantitative estimate of drug-likeness (QED) is 0.664. The summed E-state index contributed by atoms with van der Waals surface area (Å²) in [5.41, 5.74) is 1.15. The lowest BCUT2D eigenvalue weighted by atomic mass is 9.87. The highest BCUT2D eigenvalue weighted by molar-refractivity contribution is 7.99. The Balaban J connectivity index is 2.11. The number of amides is 1. The molecule has 0 saturated carbocycles. The average molecular weight is 331 g/mol. The second-order valence-electron chi connectivity index (χ2n) is 5.15. The van der Waals surface area contributed by atoms with Crippen molar-refractivity contribution in [1.29, 1.82) is 0 Å². The topological polar surface area (TPSA) is 84.1 Å². The van der Waals surface area contributed by atoms with Gasteiger partial charge in [0.2, 0.25) is 5.91 Å². The molecule has 1 aromatic heterocycles. The number of hydrogen-bond donors (Lipinski definition) is 2. The highest BCUT2D eigenvalue weighted by Crippen LogP contribution is 2.35. The van der Waals surface area contributed by atoms with Gasteiger partial charge in [0.05, 0.1) is 12.7 Å². The number of nitrogens with one attached hydrogen (secondary N) is 2. The van der Waals surface area contributed by atoms with Crippen LogP contribution in [0.4, 0.5) is 5.82 Å². The standard InChI is InChI=1S/C16H17N3O3S/c1-3-23-16-18-14-13(15(21)19-16)11(8-12(20)17-14)9-5-4-6-10(7-9)22-2/h4-7,11H,3,8H2,1-2H3,(H2,17,18,19,20,21). The van der Waals surface area contributed by atoms with Crippen LogP contribution in [-0.2, 0) is 4.79 Å². The number of rotatable bonds is 4. The molecule has 1 atom stereocenters. The number of fused-ring (bicyclic) bond motifs is 1. The van der Waals surface area contributed by atoms with Crippen molar-refractivity contribution < 1.29 is 9.53 Å². The van der Waals surface area contributed by atoms with E-state index in [4.69, 9.17) is 4.74 Å². The third-order valence-electron chi connectivity index (χ3n) is 3.71. The molecular weight excluding hydrogens is 314 g/mol. The van der Waals surface area contributed by atoms with Crippen molar-refractivity contribution in [1.82, 2.24) is 9.97 Å². The molecule has 1 aliphatic heterocycles. The number of aromatic nitrogens is 2. The SMILES string of the molecule is CCSc1nc2c(c(=O)[nH]1)C(c1cccc(OC)c1)CC(=O)N2. The van der Waals surface area contributed by atoms with Gasteiger partial charge in [-0.3, -0.25) is 9.59 Å². The minimum absolute atomic E-state index is 0.143. The van der Waals surface area contributed by atoms with E-state index in [0.717, 1.165) is 11.3 Å². The van der Waals surface area contributed by atoms with Crippen molar-refractivity contribution in [3.8, 4) is 5.75 Å². The Morgan fingerprint density at radius 1 is 1.39 bits per heavy atom. The molecule has 2 aromatic rings. The number of ether oxygens (including phenoxy) is 1. The summed E-state index contributed by atoms with van der Waals surface area (Å²) in [7, 11) is 1.59. The molecule has 2 N–H and O–H groups in total. The molecule has 120 valence electrons. The molecule has 6 nitrogen and oxygen atoms in total. The second kappa shape index (κ2) is 6.45. The van der Waals surface area contributed by atoms with Gasteiger partial charge in [0.25, 0.3) is 5.56 Å². The van der Waals surface area contributed by atoms with Crippen molar-refractivity contribution in [2.45, 2.75) is 24.4 Å². The first-order valence-corrected chi connectivity index (χ1v) is 8.31. The molecular formula is C16H17N3O3S. The molecule has 2 heterocycles. The highest BCUT2D eigenvalue weighted by Gasteiger charge is 2.31. The fourth-order valence-electron chi connectivity index (χ4n) is 2.70. The molecule has 1 aliphatic rings. The normalized spacial score (nSPS) is 16.6. The fourth-order valence-corrected chi connectivity index (χ4v) is 3.29. The van der Waals surface area contributed by atoms with Gasteiger partial charge in [-0.2, -0.15) is 0 Å². The van der Waals surface area contributed by atoms with E-state index in [0.29, 0.717) is 22.3 Å². The van der Waals surface area contributed by atoms with Gasteiger partial charge in [0, 0.05) is 12.3 Å². The van der Waals surface area contributed by atoms with Crippen molar-refractivity contribution in [2.24, 2.45) is 0 Å². The van der Waals surface area contributed by atoms with Crippen LogP contribution < -0.4 is 15.6 Å². The molecule has 0 fully saturated rings. The number of carbonyl (C=O) groups is 1. The average Bonchev–Trinajstić information content (AvgIpc) is 2.54. The largest absolute Gasteiger partial charge is 0.497 e. The van der Waals surface area contributed by atoms with Gasteiger partial charge in [0.1, 0.15) is 11.6 Å². The van der Waals surface area contributed by atoms with Crippen molar-refractivity contribution in [3.05, 3.63) is 45.7 Å². The summed E-state index contributed by atoms with van der Waals surface area (Å²) in [4.78, 5) is 31.7. The summed E-state index contributed by atoms with van der Waals surface area (Å²) >= 11 is 1.43. The predicted molar refractivity (Wildman–Crippen MR) is 89.3 cm³/mol. The lowest BCUT2D eigenvalue weighted by molar-refractivity contribution is -0.116. The van der Waals surface area contributed by atoms with E-state index < -0.39 is 0 Å². The number of benzene rings is 1. The van der Waals surface area contributed by atoms with E-state index >= 15 is 0 Å². The van der Waals surface area contributed by atoms with Crippen molar-refractivity contribution in [3.63, 3.8) is 0 Å². The van der Waals surface area contributed by atoms with E-state index in [1.807, 2.05) is 31.2 Å². The number of hydrogen-bond acceptors (Lipinski definition) is 5. The summed E-state index contributed by atoms with van der Waals surface area (Å²) in [5, 5.41) is 3.23. The molecule has 0 bridgehead atoms. The maximum absolute atomic E-state index is 12.5. The number of H-pyrrole nitrogens is 1. The van der Waals surface area contributed by atoms with Crippen LogP contribution >= 0.6 is 11.8 Å². The van der Waals surface area contributed by atoms with Crippen molar-refractivity contribution >= 4 is 23.5 Å². The molecule has 0 radical (unpaired) electrons. The number of thioether (sulfide) groups is 1. The first kappa shape index (κ1) is 15.6. The number of anilines is 1. The van der Waals surface area contributed by atoms with Gasteiger partial charge in [-0.25, -0.2) is 4.98 Å². The lowest BCUT2D eigenvalue weighted by Crippen LogP contribution is -2.31. The van der Waals surface area contributed by atoms with Crippen LogP contribution in [0.1, 0.15) is 30.4 Å². The molecule has 1 amide bonds. The fraction of sp³-hybridized carbons (Fsp3) is 0.312. The van der Waals surface area contributed by atoms with Crippen LogP contribution in [0.3, 0.4) is 0 Å². The molecule has 0 saturated heterocycles. The monoisotopic (exact) mass is 331 g/mol.